The first-order valence-corrected chi connectivity index (χ1v) is 14.5. The molecule has 6 heteroatoms. The minimum atomic E-state index is -0.856. The zero-order valence-electron chi connectivity index (χ0n) is 24.8. The summed E-state index contributed by atoms with van der Waals surface area (Å²) in [6.45, 7) is 12.1. The van der Waals surface area contributed by atoms with Crippen LogP contribution in [0.4, 0.5) is 0 Å². The first-order chi connectivity index (χ1) is 21.0. The summed E-state index contributed by atoms with van der Waals surface area (Å²) >= 11 is 0. The van der Waals surface area contributed by atoms with Gasteiger partial charge in [0.1, 0.15) is 23.0 Å². The van der Waals surface area contributed by atoms with E-state index in [0.29, 0.717) is 49.1 Å². The van der Waals surface area contributed by atoms with E-state index in [1.165, 1.54) is 12.5 Å². The van der Waals surface area contributed by atoms with E-state index in [0.717, 1.165) is 44.5 Å². The Balaban J connectivity index is 1.93. The van der Waals surface area contributed by atoms with Crippen LogP contribution in [-0.2, 0) is 5.41 Å². The normalized spacial score (nSPS) is 12.7. The highest BCUT2D eigenvalue weighted by Crippen LogP contribution is 2.61. The number of fused-ring (bicyclic) bond motifs is 3. The predicted octanol–water partition coefficient (Wildman–Crippen LogP) is 7.23. The third-order valence-electron chi connectivity index (χ3n) is 7.99. The van der Waals surface area contributed by atoms with Gasteiger partial charge in [0.25, 0.3) is 0 Å². The topological polar surface area (TPSA) is 77.4 Å². The molecule has 0 aliphatic heterocycles. The molecule has 6 nitrogen and oxygen atoms in total. The highest BCUT2D eigenvalue weighted by atomic mass is 16.5. The molecule has 0 fully saturated rings. The molecule has 5 rings (SSSR count). The van der Waals surface area contributed by atoms with Gasteiger partial charge in [0.05, 0.1) is 31.2 Å². The van der Waals surface area contributed by atoms with Crippen LogP contribution in [0.5, 0.6) is 23.0 Å². The number of aliphatic hydroxyl groups is 2. The highest BCUT2D eigenvalue weighted by molar-refractivity contribution is 5.88. The van der Waals surface area contributed by atoms with Crippen LogP contribution in [0, 0.1) is 13.8 Å². The molecule has 0 saturated carbocycles. The van der Waals surface area contributed by atoms with Crippen molar-refractivity contribution in [2.45, 2.75) is 32.1 Å². The molecule has 0 heterocycles. The number of hydrogen-bond donors (Lipinski definition) is 2. The lowest BCUT2D eigenvalue weighted by molar-refractivity contribution is 0.229. The second-order valence-electron chi connectivity index (χ2n) is 10.4. The van der Waals surface area contributed by atoms with Crippen LogP contribution < -0.4 is 18.9 Å². The molecule has 0 bridgehead atoms. The zero-order chi connectivity index (χ0) is 30.4. The van der Waals surface area contributed by atoms with E-state index < -0.39 is 5.41 Å². The summed E-state index contributed by atoms with van der Waals surface area (Å²) in [5.41, 5.74) is 7.03. The minimum absolute atomic E-state index is 0.0147. The molecule has 0 radical (unpaired) electrons. The van der Waals surface area contributed by atoms with Crippen LogP contribution in [0.15, 0.2) is 98.5 Å². The Bertz CT molecular complexity index is 1500. The van der Waals surface area contributed by atoms with Gasteiger partial charge in [0, 0.05) is 48.3 Å². The Morgan fingerprint density at radius 3 is 1.42 bits per heavy atom. The number of benzene rings is 4. The van der Waals surface area contributed by atoms with E-state index in [1.54, 1.807) is 0 Å². The summed E-state index contributed by atoms with van der Waals surface area (Å²) in [4.78, 5) is 0. The minimum Gasteiger partial charge on any atom is -0.493 e. The van der Waals surface area contributed by atoms with Gasteiger partial charge in [-0.2, -0.15) is 0 Å². The second kappa shape index (κ2) is 13.2. The van der Waals surface area contributed by atoms with Crippen molar-refractivity contribution in [3.05, 3.63) is 132 Å². The molecule has 4 aromatic rings. The van der Waals surface area contributed by atoms with Crippen molar-refractivity contribution in [3.63, 3.8) is 0 Å². The lowest BCUT2D eigenvalue weighted by Crippen LogP contribution is -2.31. The lowest BCUT2D eigenvalue weighted by Gasteiger charge is -2.37. The Morgan fingerprint density at radius 2 is 1.02 bits per heavy atom. The zero-order valence-corrected chi connectivity index (χ0v) is 24.8. The number of ether oxygens (including phenoxy) is 4. The van der Waals surface area contributed by atoms with Crippen molar-refractivity contribution in [2.75, 3.05) is 26.4 Å². The molecule has 1 aliphatic rings. The Morgan fingerprint density at radius 1 is 0.605 bits per heavy atom. The van der Waals surface area contributed by atoms with Crippen molar-refractivity contribution >= 4 is 0 Å². The van der Waals surface area contributed by atoms with Gasteiger partial charge < -0.3 is 29.2 Å². The molecule has 222 valence electrons. The molecular formula is C37H38O6. The van der Waals surface area contributed by atoms with Crippen molar-refractivity contribution in [1.29, 1.82) is 0 Å². The first-order valence-electron chi connectivity index (χ1n) is 14.5. The van der Waals surface area contributed by atoms with Crippen LogP contribution in [0.3, 0.4) is 0 Å². The Labute approximate surface area is 253 Å². The maximum Gasteiger partial charge on any atom is 0.133 e. The monoisotopic (exact) mass is 578 g/mol. The van der Waals surface area contributed by atoms with Gasteiger partial charge in [0.15, 0.2) is 0 Å². The molecule has 2 N–H and O–H groups in total. The highest BCUT2D eigenvalue weighted by Gasteiger charge is 2.50. The van der Waals surface area contributed by atoms with E-state index in [1.807, 2.05) is 26.0 Å². The van der Waals surface area contributed by atoms with E-state index in [4.69, 9.17) is 18.9 Å². The van der Waals surface area contributed by atoms with Gasteiger partial charge in [0.2, 0.25) is 0 Å². The molecule has 4 aromatic carbocycles. The van der Waals surface area contributed by atoms with Gasteiger partial charge in [-0.05, 0) is 48.2 Å². The molecular weight excluding hydrogens is 540 g/mol. The van der Waals surface area contributed by atoms with Crippen molar-refractivity contribution in [3.8, 4) is 34.1 Å². The molecule has 43 heavy (non-hydrogen) atoms. The van der Waals surface area contributed by atoms with E-state index in [2.05, 4.69) is 73.8 Å². The first kappa shape index (κ1) is 30.0. The van der Waals surface area contributed by atoms with Crippen LogP contribution in [0.2, 0.25) is 0 Å². The second-order valence-corrected chi connectivity index (χ2v) is 10.4. The molecule has 0 spiro atoms. The van der Waals surface area contributed by atoms with Crippen LogP contribution in [0.25, 0.3) is 11.1 Å². The molecule has 0 aromatic heterocycles. The maximum absolute atomic E-state index is 9.59. The molecule has 0 atom stereocenters. The van der Waals surface area contributed by atoms with Crippen molar-refractivity contribution < 1.29 is 29.2 Å². The predicted molar refractivity (Wildman–Crippen MR) is 169 cm³/mol. The standard InChI is InChI=1S/C37H38O6/c1-5-40-33-19-17-31(35(25(33)3)42-23-11-21-38)37(29-15-9-7-13-27(29)28-14-8-10-16-30(28)37)32-18-20-34(41-6-2)26(4)36(32)43-24-12-22-39/h5-10,13-20,38-39H,1-2,11-12,21-24H2,3-4H3. The summed E-state index contributed by atoms with van der Waals surface area (Å²) in [5, 5.41) is 19.2. The number of aliphatic hydroxyl groups excluding tert-OH is 2. The molecule has 1 aliphatic carbocycles. The number of rotatable bonds is 14. The smallest absolute Gasteiger partial charge is 0.133 e. The Kier molecular flexibility index (Phi) is 9.19. The van der Waals surface area contributed by atoms with Crippen LogP contribution >= 0.6 is 0 Å². The van der Waals surface area contributed by atoms with E-state index in [-0.39, 0.29) is 13.2 Å². The third-order valence-corrected chi connectivity index (χ3v) is 7.99. The fourth-order valence-corrected chi connectivity index (χ4v) is 6.18. The van der Waals surface area contributed by atoms with Gasteiger partial charge in [-0.25, -0.2) is 0 Å². The summed E-state index contributed by atoms with van der Waals surface area (Å²) < 4.78 is 24.6. The maximum atomic E-state index is 9.59. The molecule has 0 unspecified atom stereocenters. The summed E-state index contributed by atoms with van der Waals surface area (Å²) in [5.74, 6) is 2.62. The van der Waals surface area contributed by atoms with Gasteiger partial charge >= 0.3 is 0 Å². The SMILES string of the molecule is C=COc1ccc(C2(c3ccc(OC=C)c(C)c3OCCCO)c3ccccc3-c3ccccc32)c(OCCCO)c1C. The average molecular weight is 579 g/mol. The lowest BCUT2D eigenvalue weighted by atomic mass is 9.66. The van der Waals surface area contributed by atoms with Crippen LogP contribution in [0.1, 0.15) is 46.2 Å². The van der Waals surface area contributed by atoms with Crippen LogP contribution in [-0.4, -0.2) is 36.6 Å². The van der Waals surface area contributed by atoms with E-state index in [9.17, 15) is 10.2 Å². The average Bonchev–Trinajstić information content (AvgIpc) is 3.32. The van der Waals surface area contributed by atoms with Crippen molar-refractivity contribution in [2.24, 2.45) is 0 Å². The quantitative estimate of drug-likeness (QED) is 0.107. The van der Waals surface area contributed by atoms with Gasteiger partial charge in [-0.1, -0.05) is 73.8 Å². The molecule has 0 saturated heterocycles. The summed E-state index contributed by atoms with van der Waals surface area (Å²) in [7, 11) is 0. The fraction of sp³-hybridized carbons (Fsp3) is 0.243. The third kappa shape index (κ3) is 5.18. The van der Waals surface area contributed by atoms with Gasteiger partial charge in [-0.15, -0.1) is 0 Å². The van der Waals surface area contributed by atoms with Crippen molar-refractivity contribution in [1.82, 2.24) is 0 Å². The summed E-state index contributed by atoms with van der Waals surface area (Å²) in [6, 6.07) is 24.9. The van der Waals surface area contributed by atoms with Gasteiger partial charge in [-0.3, -0.25) is 0 Å². The molecule has 0 amide bonds. The van der Waals surface area contributed by atoms with E-state index >= 15 is 0 Å². The fourth-order valence-electron chi connectivity index (χ4n) is 6.18. The largest absolute Gasteiger partial charge is 0.493 e. The Hall–Kier alpha value is -4.52. The number of hydrogen-bond acceptors (Lipinski definition) is 6. The summed E-state index contributed by atoms with van der Waals surface area (Å²) in [6.07, 6.45) is 3.77.